The zero-order valence-electron chi connectivity index (χ0n) is 8.41. The van der Waals surface area contributed by atoms with Crippen molar-refractivity contribution in [1.29, 1.82) is 0 Å². The Morgan fingerprint density at radius 2 is 2.00 bits per heavy atom. The van der Waals surface area contributed by atoms with Gasteiger partial charge in [-0.3, -0.25) is 0 Å². The van der Waals surface area contributed by atoms with Crippen LogP contribution in [0.5, 0.6) is 0 Å². The van der Waals surface area contributed by atoms with Gasteiger partial charge in [0.2, 0.25) is 0 Å². The molecule has 0 amide bonds. The van der Waals surface area contributed by atoms with E-state index in [2.05, 4.69) is 38.8 Å². The average molecular weight is 282 g/mol. The van der Waals surface area contributed by atoms with Crippen LogP contribution in [0.15, 0.2) is 45.6 Å². The maximum absolute atomic E-state index is 6.38. The second kappa shape index (κ2) is 4.08. The number of nitrogens with two attached hydrogens (primary N) is 1. The molecule has 1 aromatic carbocycles. The molecule has 15 heavy (non-hydrogen) atoms. The maximum atomic E-state index is 6.38. The summed E-state index contributed by atoms with van der Waals surface area (Å²) in [5.41, 5.74) is 8.22. The summed E-state index contributed by atoms with van der Waals surface area (Å²) in [6, 6.07) is 10.2. The van der Waals surface area contributed by atoms with E-state index < -0.39 is 5.54 Å². The Kier molecular flexibility index (Phi) is 2.96. The van der Waals surface area contributed by atoms with E-state index in [-0.39, 0.29) is 0 Å². The number of halogens is 1. The highest BCUT2D eigenvalue weighted by Crippen LogP contribution is 2.32. The van der Waals surface area contributed by atoms with Gasteiger partial charge in [0.15, 0.2) is 0 Å². The number of thiophene rings is 1. The molecule has 1 aromatic heterocycles. The minimum atomic E-state index is -0.430. The van der Waals surface area contributed by atoms with Gasteiger partial charge in [0.1, 0.15) is 0 Å². The second-order valence-corrected chi connectivity index (χ2v) is 5.33. The van der Waals surface area contributed by atoms with Crippen molar-refractivity contribution in [3.63, 3.8) is 0 Å². The molecule has 3 heteroatoms. The average Bonchev–Trinajstić information content (AvgIpc) is 2.71. The molecule has 0 saturated heterocycles. The van der Waals surface area contributed by atoms with Gasteiger partial charge < -0.3 is 5.73 Å². The summed E-state index contributed by atoms with van der Waals surface area (Å²) in [6.45, 7) is 2.04. The molecular formula is C12H12BrNS. The molecule has 2 aromatic rings. The van der Waals surface area contributed by atoms with Gasteiger partial charge in [0, 0.05) is 4.47 Å². The van der Waals surface area contributed by atoms with E-state index in [4.69, 9.17) is 5.73 Å². The van der Waals surface area contributed by atoms with Crippen LogP contribution in [0.1, 0.15) is 18.1 Å². The largest absolute Gasteiger partial charge is 0.318 e. The van der Waals surface area contributed by atoms with Crippen molar-refractivity contribution >= 4 is 27.3 Å². The van der Waals surface area contributed by atoms with Gasteiger partial charge >= 0.3 is 0 Å². The van der Waals surface area contributed by atoms with Crippen molar-refractivity contribution in [2.45, 2.75) is 12.5 Å². The Labute approximate surface area is 102 Å². The van der Waals surface area contributed by atoms with Crippen LogP contribution in [-0.4, -0.2) is 0 Å². The van der Waals surface area contributed by atoms with E-state index in [1.54, 1.807) is 11.3 Å². The first-order valence-corrected chi connectivity index (χ1v) is 6.42. The Balaban J connectivity index is 2.51. The third-order valence-corrected chi connectivity index (χ3v) is 3.93. The molecule has 0 saturated carbocycles. The van der Waals surface area contributed by atoms with Crippen molar-refractivity contribution in [3.8, 4) is 0 Å². The fourth-order valence-corrected chi connectivity index (χ4v) is 3.07. The van der Waals surface area contributed by atoms with Crippen LogP contribution in [0.25, 0.3) is 0 Å². The molecule has 0 fully saturated rings. The monoisotopic (exact) mass is 281 g/mol. The van der Waals surface area contributed by atoms with Crippen molar-refractivity contribution in [3.05, 3.63) is 56.7 Å². The number of benzene rings is 1. The normalized spacial score (nSPS) is 14.9. The summed E-state index contributed by atoms with van der Waals surface area (Å²) >= 11 is 5.21. The molecule has 0 aliphatic carbocycles. The molecule has 1 atom stereocenters. The lowest BCUT2D eigenvalue weighted by Gasteiger charge is -2.25. The molecule has 0 radical (unpaired) electrons. The minimum absolute atomic E-state index is 0.430. The molecule has 0 aliphatic rings. The minimum Gasteiger partial charge on any atom is -0.318 e. The van der Waals surface area contributed by atoms with Crippen LogP contribution in [0.2, 0.25) is 0 Å². The number of hydrogen-bond donors (Lipinski definition) is 1. The van der Waals surface area contributed by atoms with Crippen LogP contribution < -0.4 is 5.73 Å². The topological polar surface area (TPSA) is 26.0 Å². The number of hydrogen-bond acceptors (Lipinski definition) is 2. The van der Waals surface area contributed by atoms with Crippen LogP contribution >= 0.6 is 27.3 Å². The highest BCUT2D eigenvalue weighted by molar-refractivity contribution is 9.10. The second-order valence-electron chi connectivity index (χ2n) is 3.69. The standard InChI is InChI=1S/C12H12BrNS/c1-12(14,9-6-7-15-8-9)10-4-2-3-5-11(10)13/h2-8H,14H2,1H3. The van der Waals surface area contributed by atoms with Crippen molar-refractivity contribution in [1.82, 2.24) is 0 Å². The van der Waals surface area contributed by atoms with Crippen molar-refractivity contribution in [2.75, 3.05) is 0 Å². The van der Waals surface area contributed by atoms with Crippen LogP contribution in [-0.2, 0) is 5.54 Å². The van der Waals surface area contributed by atoms with E-state index in [9.17, 15) is 0 Å². The molecule has 2 N–H and O–H groups in total. The molecule has 1 heterocycles. The summed E-state index contributed by atoms with van der Waals surface area (Å²) < 4.78 is 1.06. The fourth-order valence-electron chi connectivity index (χ4n) is 1.60. The van der Waals surface area contributed by atoms with Gasteiger partial charge in [0.05, 0.1) is 5.54 Å². The molecule has 78 valence electrons. The van der Waals surface area contributed by atoms with E-state index in [1.807, 2.05) is 25.1 Å². The molecule has 1 nitrogen and oxygen atoms in total. The third kappa shape index (κ3) is 2.00. The molecule has 1 unspecified atom stereocenters. The lowest BCUT2D eigenvalue weighted by atomic mass is 9.88. The SMILES string of the molecule is CC(N)(c1ccsc1)c1ccccc1Br. The Hall–Kier alpha value is -0.640. The predicted molar refractivity (Wildman–Crippen MR) is 69.1 cm³/mol. The quantitative estimate of drug-likeness (QED) is 0.892. The molecule has 2 rings (SSSR count). The third-order valence-electron chi connectivity index (χ3n) is 2.55. The summed E-state index contributed by atoms with van der Waals surface area (Å²) in [4.78, 5) is 0. The first-order chi connectivity index (χ1) is 7.12. The van der Waals surface area contributed by atoms with Crippen LogP contribution in [0.4, 0.5) is 0 Å². The smallest absolute Gasteiger partial charge is 0.0656 e. The van der Waals surface area contributed by atoms with Gasteiger partial charge in [0.25, 0.3) is 0 Å². The maximum Gasteiger partial charge on any atom is 0.0656 e. The van der Waals surface area contributed by atoms with E-state index in [1.165, 1.54) is 0 Å². The predicted octanol–water partition coefficient (Wildman–Crippen LogP) is 3.73. The molecular weight excluding hydrogens is 270 g/mol. The van der Waals surface area contributed by atoms with Gasteiger partial charge in [-0.2, -0.15) is 11.3 Å². The summed E-state index contributed by atoms with van der Waals surface area (Å²) in [5.74, 6) is 0. The van der Waals surface area contributed by atoms with Gasteiger partial charge in [-0.1, -0.05) is 34.1 Å². The lowest BCUT2D eigenvalue weighted by Crippen LogP contribution is -2.34. The molecule has 0 spiro atoms. The zero-order valence-corrected chi connectivity index (χ0v) is 10.8. The summed E-state index contributed by atoms with van der Waals surface area (Å²) in [7, 11) is 0. The Bertz CT molecular complexity index is 448. The van der Waals surface area contributed by atoms with E-state index >= 15 is 0 Å². The Morgan fingerprint density at radius 1 is 1.27 bits per heavy atom. The van der Waals surface area contributed by atoms with Gasteiger partial charge in [-0.25, -0.2) is 0 Å². The van der Waals surface area contributed by atoms with Crippen LogP contribution in [0, 0.1) is 0 Å². The first kappa shape index (κ1) is 10.9. The van der Waals surface area contributed by atoms with Gasteiger partial charge in [-0.05, 0) is 40.9 Å². The van der Waals surface area contributed by atoms with Crippen molar-refractivity contribution < 1.29 is 0 Å². The number of rotatable bonds is 2. The lowest BCUT2D eigenvalue weighted by molar-refractivity contribution is 0.602. The van der Waals surface area contributed by atoms with Crippen molar-refractivity contribution in [2.24, 2.45) is 5.73 Å². The summed E-state index contributed by atoms with van der Waals surface area (Å²) in [5, 5.41) is 4.15. The van der Waals surface area contributed by atoms with Gasteiger partial charge in [-0.15, -0.1) is 0 Å². The van der Waals surface area contributed by atoms with E-state index in [0.717, 1.165) is 15.6 Å². The van der Waals surface area contributed by atoms with E-state index in [0.29, 0.717) is 0 Å². The zero-order chi connectivity index (χ0) is 10.9. The molecule has 0 aliphatic heterocycles. The van der Waals surface area contributed by atoms with Crippen LogP contribution in [0.3, 0.4) is 0 Å². The fraction of sp³-hybridized carbons (Fsp3) is 0.167. The highest BCUT2D eigenvalue weighted by atomic mass is 79.9. The Morgan fingerprint density at radius 3 is 2.60 bits per heavy atom. The summed E-state index contributed by atoms with van der Waals surface area (Å²) in [6.07, 6.45) is 0. The molecule has 0 bridgehead atoms. The first-order valence-electron chi connectivity index (χ1n) is 4.69. The highest BCUT2D eigenvalue weighted by Gasteiger charge is 2.25.